The minimum Gasteiger partial charge on any atom is -0.355 e. The second-order valence-corrected chi connectivity index (χ2v) is 5.45. The van der Waals surface area contributed by atoms with Crippen LogP contribution in [0.4, 0.5) is 5.69 Å². The fraction of sp³-hybridized carbons (Fsp3) is 0.500. The first-order chi connectivity index (χ1) is 10.1. The van der Waals surface area contributed by atoms with E-state index in [0.29, 0.717) is 6.54 Å². The van der Waals surface area contributed by atoms with E-state index in [9.17, 15) is 9.59 Å². The molecule has 0 saturated heterocycles. The van der Waals surface area contributed by atoms with Crippen LogP contribution in [-0.4, -0.2) is 49.9 Å². The summed E-state index contributed by atoms with van der Waals surface area (Å²) in [6.07, 6.45) is 1.82. The van der Waals surface area contributed by atoms with Crippen LogP contribution in [0, 0.1) is 0 Å². The van der Waals surface area contributed by atoms with Gasteiger partial charge in [-0.15, -0.1) is 0 Å². The molecule has 2 amide bonds. The van der Waals surface area contributed by atoms with Gasteiger partial charge in [0.05, 0.1) is 13.1 Å². The van der Waals surface area contributed by atoms with Crippen LogP contribution < -0.4 is 10.2 Å². The Kier molecular flexibility index (Phi) is 5.33. The van der Waals surface area contributed by atoms with Crippen molar-refractivity contribution < 1.29 is 9.59 Å². The van der Waals surface area contributed by atoms with Crippen LogP contribution in [-0.2, 0) is 16.0 Å². The van der Waals surface area contributed by atoms with E-state index < -0.39 is 0 Å². The van der Waals surface area contributed by atoms with Crippen molar-refractivity contribution in [1.29, 1.82) is 0 Å². The molecule has 0 unspecified atom stereocenters. The second-order valence-electron chi connectivity index (χ2n) is 5.45. The standard InChI is InChI=1S/C16H23N3O2/c1-3-9-17-15(20)11-18(2)12-16(21)19-10-8-13-6-4-5-7-14(13)19/h4-7H,3,8-12H2,1-2H3,(H,17,20). The predicted molar refractivity (Wildman–Crippen MR) is 83.3 cm³/mol. The lowest BCUT2D eigenvalue weighted by Crippen LogP contribution is -2.42. The molecule has 0 aromatic heterocycles. The summed E-state index contributed by atoms with van der Waals surface area (Å²) in [6.45, 7) is 3.93. The molecular formula is C16H23N3O2. The van der Waals surface area contributed by atoms with Crippen molar-refractivity contribution in [1.82, 2.24) is 10.2 Å². The fourth-order valence-corrected chi connectivity index (χ4v) is 2.53. The molecule has 114 valence electrons. The molecule has 0 saturated carbocycles. The zero-order valence-corrected chi connectivity index (χ0v) is 12.8. The van der Waals surface area contributed by atoms with Gasteiger partial charge in [-0.25, -0.2) is 0 Å². The summed E-state index contributed by atoms with van der Waals surface area (Å²) in [5.41, 5.74) is 2.22. The van der Waals surface area contributed by atoms with Gasteiger partial charge in [0.2, 0.25) is 11.8 Å². The molecule has 0 radical (unpaired) electrons. The van der Waals surface area contributed by atoms with Gasteiger partial charge in [-0.05, 0) is 31.5 Å². The second kappa shape index (κ2) is 7.22. The SMILES string of the molecule is CCCNC(=O)CN(C)CC(=O)N1CCc2ccccc21. The van der Waals surface area contributed by atoms with E-state index in [1.165, 1.54) is 5.56 Å². The molecular weight excluding hydrogens is 266 g/mol. The Balaban J connectivity index is 1.86. The summed E-state index contributed by atoms with van der Waals surface area (Å²) in [6, 6.07) is 7.99. The lowest BCUT2D eigenvalue weighted by molar-refractivity contribution is -0.123. The molecule has 1 aromatic carbocycles. The molecule has 21 heavy (non-hydrogen) atoms. The van der Waals surface area contributed by atoms with E-state index in [2.05, 4.69) is 11.4 Å². The molecule has 1 aliphatic heterocycles. The summed E-state index contributed by atoms with van der Waals surface area (Å²) >= 11 is 0. The first kappa shape index (κ1) is 15.5. The van der Waals surface area contributed by atoms with Crippen LogP contribution in [0.1, 0.15) is 18.9 Å². The maximum Gasteiger partial charge on any atom is 0.241 e. The Hall–Kier alpha value is -1.88. The minimum absolute atomic E-state index is 0.0334. The topological polar surface area (TPSA) is 52.7 Å². The Labute approximate surface area is 125 Å². The van der Waals surface area contributed by atoms with Crippen molar-refractivity contribution >= 4 is 17.5 Å². The number of amides is 2. The molecule has 1 aromatic rings. The summed E-state index contributed by atoms with van der Waals surface area (Å²) in [5.74, 6) is 0.0136. The highest BCUT2D eigenvalue weighted by Gasteiger charge is 2.24. The third-order valence-corrected chi connectivity index (χ3v) is 3.58. The highest BCUT2D eigenvalue weighted by atomic mass is 16.2. The molecule has 0 bridgehead atoms. The quantitative estimate of drug-likeness (QED) is 0.851. The van der Waals surface area contributed by atoms with Gasteiger partial charge < -0.3 is 10.2 Å². The van der Waals surface area contributed by atoms with Gasteiger partial charge in [-0.3, -0.25) is 14.5 Å². The third-order valence-electron chi connectivity index (χ3n) is 3.58. The number of benzene rings is 1. The Morgan fingerprint density at radius 3 is 2.81 bits per heavy atom. The minimum atomic E-state index is -0.0334. The number of nitrogens with one attached hydrogen (secondary N) is 1. The van der Waals surface area contributed by atoms with E-state index in [0.717, 1.165) is 25.1 Å². The van der Waals surface area contributed by atoms with Gasteiger partial charge in [0, 0.05) is 18.8 Å². The first-order valence-electron chi connectivity index (χ1n) is 7.45. The van der Waals surface area contributed by atoms with Crippen molar-refractivity contribution in [3.05, 3.63) is 29.8 Å². The van der Waals surface area contributed by atoms with E-state index in [1.54, 1.807) is 11.9 Å². The number of nitrogens with zero attached hydrogens (tertiary/aromatic N) is 2. The van der Waals surface area contributed by atoms with Crippen LogP contribution in [0.25, 0.3) is 0 Å². The van der Waals surface area contributed by atoms with E-state index in [1.807, 2.05) is 30.0 Å². The molecule has 0 fully saturated rings. The van der Waals surface area contributed by atoms with Crippen LogP contribution in [0.5, 0.6) is 0 Å². The number of rotatable bonds is 6. The first-order valence-corrected chi connectivity index (χ1v) is 7.45. The van der Waals surface area contributed by atoms with Crippen LogP contribution >= 0.6 is 0 Å². The van der Waals surface area contributed by atoms with Crippen LogP contribution in [0.2, 0.25) is 0 Å². The Morgan fingerprint density at radius 2 is 2.05 bits per heavy atom. The van der Waals surface area contributed by atoms with Crippen LogP contribution in [0.15, 0.2) is 24.3 Å². The van der Waals surface area contributed by atoms with Gasteiger partial charge in [0.15, 0.2) is 0 Å². The number of para-hydroxylation sites is 1. The number of fused-ring (bicyclic) bond motifs is 1. The molecule has 5 heteroatoms. The van der Waals surface area contributed by atoms with Crippen LogP contribution in [0.3, 0.4) is 0 Å². The van der Waals surface area contributed by atoms with Gasteiger partial charge in [0.1, 0.15) is 0 Å². The fourth-order valence-electron chi connectivity index (χ4n) is 2.53. The van der Waals surface area contributed by atoms with Gasteiger partial charge in [-0.2, -0.15) is 0 Å². The van der Waals surface area contributed by atoms with Crippen molar-refractivity contribution in [2.75, 3.05) is 38.1 Å². The molecule has 1 N–H and O–H groups in total. The molecule has 0 atom stereocenters. The maximum atomic E-state index is 12.4. The zero-order valence-electron chi connectivity index (χ0n) is 12.8. The van der Waals surface area contributed by atoms with E-state index in [-0.39, 0.29) is 24.9 Å². The smallest absolute Gasteiger partial charge is 0.241 e. The normalized spacial score (nSPS) is 13.4. The summed E-state index contributed by atoms with van der Waals surface area (Å²) < 4.78 is 0. The Bertz CT molecular complexity index is 516. The van der Waals surface area contributed by atoms with E-state index in [4.69, 9.17) is 0 Å². The van der Waals surface area contributed by atoms with Gasteiger partial charge in [0.25, 0.3) is 0 Å². The summed E-state index contributed by atoms with van der Waals surface area (Å²) in [4.78, 5) is 27.6. The molecule has 2 rings (SSSR count). The molecule has 0 spiro atoms. The highest BCUT2D eigenvalue weighted by molar-refractivity contribution is 5.97. The van der Waals surface area contributed by atoms with Crippen molar-refractivity contribution in [2.45, 2.75) is 19.8 Å². The highest BCUT2D eigenvalue weighted by Crippen LogP contribution is 2.27. The summed E-state index contributed by atoms with van der Waals surface area (Å²) in [7, 11) is 1.80. The average Bonchev–Trinajstić information content (AvgIpc) is 2.88. The van der Waals surface area contributed by atoms with Crippen molar-refractivity contribution in [3.63, 3.8) is 0 Å². The number of likely N-dealkylation sites (N-methyl/N-ethyl adjacent to an activating group) is 1. The number of hydrogen-bond acceptors (Lipinski definition) is 3. The van der Waals surface area contributed by atoms with Gasteiger partial charge in [-0.1, -0.05) is 25.1 Å². The molecule has 0 aliphatic carbocycles. The van der Waals surface area contributed by atoms with Crippen molar-refractivity contribution in [2.24, 2.45) is 0 Å². The molecule has 1 heterocycles. The Morgan fingerprint density at radius 1 is 1.29 bits per heavy atom. The zero-order chi connectivity index (χ0) is 15.2. The lowest BCUT2D eigenvalue weighted by Gasteiger charge is -2.21. The summed E-state index contributed by atoms with van der Waals surface area (Å²) in [5, 5.41) is 2.82. The number of carbonyl (C=O) groups is 2. The largest absolute Gasteiger partial charge is 0.355 e. The number of anilines is 1. The monoisotopic (exact) mass is 289 g/mol. The molecule has 5 nitrogen and oxygen atoms in total. The van der Waals surface area contributed by atoms with Crippen molar-refractivity contribution in [3.8, 4) is 0 Å². The number of carbonyl (C=O) groups excluding carboxylic acids is 2. The maximum absolute atomic E-state index is 12.4. The van der Waals surface area contributed by atoms with E-state index >= 15 is 0 Å². The molecule has 1 aliphatic rings. The van der Waals surface area contributed by atoms with Gasteiger partial charge >= 0.3 is 0 Å². The number of hydrogen-bond donors (Lipinski definition) is 1. The predicted octanol–water partition coefficient (Wildman–Crippen LogP) is 1.03. The lowest BCUT2D eigenvalue weighted by atomic mass is 10.2. The third kappa shape index (κ3) is 4.04. The average molecular weight is 289 g/mol.